The Morgan fingerprint density at radius 2 is 1.75 bits per heavy atom. The molecule has 2 rings (SSSR count). The highest BCUT2D eigenvalue weighted by atomic mass is 32.2. The number of hydrogen-bond acceptors (Lipinski definition) is 6. The van der Waals surface area contributed by atoms with Crippen molar-refractivity contribution in [2.75, 3.05) is 33.6 Å². The van der Waals surface area contributed by atoms with Gasteiger partial charge >= 0.3 is 5.97 Å². The highest BCUT2D eigenvalue weighted by Gasteiger charge is 2.18. The standard InChI is InChI=1S/C22H27NO4S/c1-5-27-22(24)20(17-9-7-6-8-10-17)21(28-4)23-14-13-16-11-12-18(25-2)19(15-16)26-3/h6-12,15,23H,5,13-14H2,1-4H3/b21-20+. The van der Waals surface area contributed by atoms with Crippen LogP contribution < -0.4 is 14.8 Å². The maximum Gasteiger partial charge on any atom is 0.341 e. The molecule has 0 heterocycles. The molecule has 0 spiro atoms. The van der Waals surface area contributed by atoms with E-state index in [9.17, 15) is 4.79 Å². The number of esters is 1. The van der Waals surface area contributed by atoms with Crippen LogP contribution in [0.25, 0.3) is 5.57 Å². The van der Waals surface area contributed by atoms with Crippen LogP contribution in [-0.4, -0.2) is 39.6 Å². The molecule has 2 aromatic carbocycles. The molecule has 0 saturated carbocycles. The van der Waals surface area contributed by atoms with Gasteiger partial charge in [-0.25, -0.2) is 4.79 Å². The molecule has 0 aliphatic heterocycles. The average molecular weight is 402 g/mol. The molecular weight excluding hydrogens is 374 g/mol. The van der Waals surface area contributed by atoms with Gasteiger partial charge in [-0.2, -0.15) is 0 Å². The molecule has 0 saturated heterocycles. The van der Waals surface area contributed by atoms with Gasteiger partial charge in [-0.05, 0) is 42.9 Å². The molecule has 1 N–H and O–H groups in total. The fourth-order valence-electron chi connectivity index (χ4n) is 2.77. The molecule has 0 amide bonds. The van der Waals surface area contributed by atoms with Gasteiger partial charge in [0.2, 0.25) is 0 Å². The summed E-state index contributed by atoms with van der Waals surface area (Å²) in [6.07, 6.45) is 2.72. The Morgan fingerprint density at radius 3 is 2.36 bits per heavy atom. The predicted molar refractivity (Wildman–Crippen MR) is 115 cm³/mol. The average Bonchev–Trinajstić information content (AvgIpc) is 2.73. The number of methoxy groups -OCH3 is 2. The molecule has 0 aromatic heterocycles. The van der Waals surface area contributed by atoms with Crippen molar-refractivity contribution < 1.29 is 19.0 Å². The van der Waals surface area contributed by atoms with Gasteiger partial charge in [0.25, 0.3) is 0 Å². The highest BCUT2D eigenvalue weighted by molar-refractivity contribution is 8.02. The summed E-state index contributed by atoms with van der Waals surface area (Å²) in [6.45, 7) is 2.81. The quantitative estimate of drug-likeness (QED) is 0.477. The Bertz CT molecular complexity index is 805. The second-order valence-corrected chi connectivity index (χ2v) is 6.68. The molecule has 6 heteroatoms. The number of carbonyl (C=O) groups excluding carboxylic acids is 1. The minimum absolute atomic E-state index is 0.323. The molecule has 0 atom stereocenters. The smallest absolute Gasteiger partial charge is 0.341 e. The summed E-state index contributed by atoms with van der Waals surface area (Å²) < 4.78 is 15.9. The molecule has 0 unspecified atom stereocenters. The lowest BCUT2D eigenvalue weighted by Crippen LogP contribution is -2.20. The van der Waals surface area contributed by atoms with Gasteiger partial charge in [-0.15, -0.1) is 11.8 Å². The second kappa shape index (κ2) is 11.3. The fourth-order valence-corrected chi connectivity index (χ4v) is 3.42. The van der Waals surface area contributed by atoms with Gasteiger partial charge in [0.05, 0.1) is 31.4 Å². The van der Waals surface area contributed by atoms with Crippen LogP contribution >= 0.6 is 11.8 Å². The summed E-state index contributed by atoms with van der Waals surface area (Å²) in [5.41, 5.74) is 2.51. The van der Waals surface area contributed by atoms with Crippen molar-refractivity contribution in [2.24, 2.45) is 0 Å². The number of carbonyl (C=O) groups is 1. The Kier molecular flexibility index (Phi) is 8.75. The Labute approximate surface area is 171 Å². The topological polar surface area (TPSA) is 56.8 Å². The first-order valence-corrected chi connectivity index (χ1v) is 10.3. The molecule has 0 fully saturated rings. The third-order valence-electron chi connectivity index (χ3n) is 4.12. The van der Waals surface area contributed by atoms with Gasteiger partial charge in [0.1, 0.15) is 0 Å². The first kappa shape index (κ1) is 21.7. The van der Waals surface area contributed by atoms with E-state index in [1.54, 1.807) is 14.2 Å². The van der Waals surface area contributed by atoms with E-state index in [-0.39, 0.29) is 5.97 Å². The lowest BCUT2D eigenvalue weighted by atomic mass is 10.1. The summed E-state index contributed by atoms with van der Waals surface area (Å²) in [5, 5.41) is 4.19. The first-order chi connectivity index (χ1) is 13.6. The Balaban J connectivity index is 2.19. The molecule has 5 nitrogen and oxygen atoms in total. The molecule has 150 valence electrons. The lowest BCUT2D eigenvalue weighted by molar-refractivity contribution is -0.136. The van der Waals surface area contributed by atoms with E-state index in [1.165, 1.54) is 11.8 Å². The van der Waals surface area contributed by atoms with Crippen LogP contribution in [0.4, 0.5) is 0 Å². The van der Waals surface area contributed by atoms with Crippen LogP contribution in [0.3, 0.4) is 0 Å². The molecule has 0 aliphatic carbocycles. The minimum Gasteiger partial charge on any atom is -0.493 e. The zero-order chi connectivity index (χ0) is 20.4. The van der Waals surface area contributed by atoms with E-state index >= 15 is 0 Å². The molecular formula is C22H27NO4S. The van der Waals surface area contributed by atoms with Crippen molar-refractivity contribution >= 4 is 23.3 Å². The summed E-state index contributed by atoms with van der Waals surface area (Å²) in [7, 11) is 3.25. The van der Waals surface area contributed by atoms with Crippen molar-refractivity contribution in [3.8, 4) is 11.5 Å². The van der Waals surface area contributed by atoms with Crippen LogP contribution in [0.1, 0.15) is 18.1 Å². The fraction of sp³-hybridized carbons (Fsp3) is 0.318. The van der Waals surface area contributed by atoms with Crippen molar-refractivity contribution in [1.82, 2.24) is 5.32 Å². The maximum absolute atomic E-state index is 12.6. The monoisotopic (exact) mass is 401 g/mol. The number of benzene rings is 2. The zero-order valence-electron chi connectivity index (χ0n) is 16.8. The molecule has 28 heavy (non-hydrogen) atoms. The number of ether oxygens (including phenoxy) is 3. The third-order valence-corrected chi connectivity index (χ3v) is 4.88. The molecule has 0 aliphatic rings. The van der Waals surface area contributed by atoms with E-state index in [0.29, 0.717) is 30.2 Å². The van der Waals surface area contributed by atoms with Gasteiger partial charge in [-0.3, -0.25) is 0 Å². The number of thioether (sulfide) groups is 1. The van der Waals surface area contributed by atoms with Crippen LogP contribution in [0.15, 0.2) is 53.6 Å². The number of rotatable bonds is 10. The largest absolute Gasteiger partial charge is 0.493 e. The van der Waals surface area contributed by atoms with Crippen LogP contribution in [0, 0.1) is 0 Å². The Hall–Kier alpha value is -2.60. The van der Waals surface area contributed by atoms with E-state index in [2.05, 4.69) is 5.32 Å². The van der Waals surface area contributed by atoms with Crippen molar-refractivity contribution in [2.45, 2.75) is 13.3 Å². The van der Waals surface area contributed by atoms with Crippen molar-refractivity contribution in [1.29, 1.82) is 0 Å². The third kappa shape index (κ3) is 5.70. The second-order valence-electron chi connectivity index (χ2n) is 5.86. The highest BCUT2D eigenvalue weighted by Crippen LogP contribution is 2.28. The zero-order valence-corrected chi connectivity index (χ0v) is 17.6. The van der Waals surface area contributed by atoms with Crippen LogP contribution in [0.2, 0.25) is 0 Å². The summed E-state index contributed by atoms with van der Waals surface area (Å²) in [5.74, 6) is 1.09. The van der Waals surface area contributed by atoms with Gasteiger partial charge in [0.15, 0.2) is 11.5 Å². The van der Waals surface area contributed by atoms with E-state index in [0.717, 1.165) is 22.6 Å². The molecule has 0 bridgehead atoms. The van der Waals surface area contributed by atoms with E-state index in [4.69, 9.17) is 14.2 Å². The molecule has 2 aromatic rings. The predicted octanol–water partition coefficient (Wildman–Crippen LogP) is 4.13. The lowest BCUT2D eigenvalue weighted by Gasteiger charge is -2.15. The summed E-state index contributed by atoms with van der Waals surface area (Å²) >= 11 is 1.50. The maximum atomic E-state index is 12.6. The van der Waals surface area contributed by atoms with Crippen LogP contribution in [-0.2, 0) is 16.0 Å². The summed E-state index contributed by atoms with van der Waals surface area (Å²) in [6, 6.07) is 15.5. The normalized spacial score (nSPS) is 11.4. The summed E-state index contributed by atoms with van der Waals surface area (Å²) in [4.78, 5) is 12.6. The Morgan fingerprint density at radius 1 is 1.04 bits per heavy atom. The number of nitrogens with one attached hydrogen (secondary N) is 1. The first-order valence-electron chi connectivity index (χ1n) is 9.10. The van der Waals surface area contributed by atoms with E-state index < -0.39 is 0 Å². The van der Waals surface area contributed by atoms with Gasteiger partial charge < -0.3 is 19.5 Å². The van der Waals surface area contributed by atoms with Crippen LogP contribution in [0.5, 0.6) is 11.5 Å². The van der Waals surface area contributed by atoms with Gasteiger partial charge in [-0.1, -0.05) is 36.4 Å². The van der Waals surface area contributed by atoms with E-state index in [1.807, 2.05) is 61.7 Å². The minimum atomic E-state index is -0.323. The SMILES string of the molecule is CCOC(=O)/C(=C(\NCCc1ccc(OC)c(OC)c1)SC)c1ccccc1. The number of hydrogen-bond donors (Lipinski definition) is 1. The van der Waals surface area contributed by atoms with Crippen molar-refractivity contribution in [3.05, 3.63) is 64.7 Å². The van der Waals surface area contributed by atoms with Gasteiger partial charge in [0, 0.05) is 6.54 Å². The van der Waals surface area contributed by atoms with Crippen molar-refractivity contribution in [3.63, 3.8) is 0 Å². The molecule has 0 radical (unpaired) electrons.